The molecule has 1 aliphatic heterocycles. The van der Waals surface area contributed by atoms with Crippen LogP contribution in [0.5, 0.6) is 5.75 Å². The molecule has 122 valence electrons. The van der Waals surface area contributed by atoms with Crippen molar-refractivity contribution >= 4 is 50.1 Å². The van der Waals surface area contributed by atoms with Gasteiger partial charge in [-0.3, -0.25) is 9.59 Å². The molecule has 0 spiro atoms. The summed E-state index contributed by atoms with van der Waals surface area (Å²) in [4.78, 5) is 26.8. The summed E-state index contributed by atoms with van der Waals surface area (Å²) < 4.78 is 6.13. The van der Waals surface area contributed by atoms with Crippen LogP contribution in [-0.4, -0.2) is 18.3 Å². The smallest absolute Gasteiger partial charge is 0.298 e. The second-order valence-corrected chi connectivity index (χ2v) is 7.05. The Labute approximate surface area is 152 Å². The van der Waals surface area contributed by atoms with Gasteiger partial charge in [0.15, 0.2) is 0 Å². The molecule has 1 saturated heterocycles. The van der Waals surface area contributed by atoms with E-state index in [4.69, 9.17) is 4.74 Å². The van der Waals surface area contributed by atoms with Crippen molar-refractivity contribution in [2.75, 3.05) is 12.0 Å². The Bertz CT molecular complexity index is 846. The van der Waals surface area contributed by atoms with Crippen LogP contribution in [-0.2, 0) is 4.79 Å². The molecule has 0 N–H and O–H groups in total. The van der Waals surface area contributed by atoms with Crippen molar-refractivity contribution in [3.63, 3.8) is 0 Å². The molecule has 0 aromatic heterocycles. The molecule has 0 unspecified atom stereocenters. The molecule has 1 aliphatic rings. The van der Waals surface area contributed by atoms with Crippen LogP contribution in [0, 0.1) is 0 Å². The molecule has 6 heteroatoms. The second kappa shape index (κ2) is 6.83. The van der Waals surface area contributed by atoms with Gasteiger partial charge in [-0.05, 0) is 54.1 Å². The lowest BCUT2D eigenvalue weighted by molar-refractivity contribution is -0.113. The number of anilines is 1. The second-order valence-electron chi connectivity index (χ2n) is 5.17. The average molecular weight is 404 g/mol. The highest BCUT2D eigenvalue weighted by Crippen LogP contribution is 2.39. The number of carbonyl (C=O) groups excluding carboxylic acids is 2. The van der Waals surface area contributed by atoms with Crippen molar-refractivity contribution in [3.8, 4) is 5.75 Å². The molecule has 1 heterocycles. The lowest BCUT2D eigenvalue weighted by atomic mass is 10.1. The summed E-state index contributed by atoms with van der Waals surface area (Å²) >= 11 is 4.35. The average Bonchev–Trinajstić information content (AvgIpc) is 2.89. The SMILES string of the molecule is COc1cccc(N2C(=O)S/C(=C(/C)c3ccc(Br)cc3)C2=O)c1. The number of hydrogen-bond acceptors (Lipinski definition) is 4. The van der Waals surface area contributed by atoms with Crippen LogP contribution >= 0.6 is 27.7 Å². The Balaban J connectivity index is 1.99. The van der Waals surface area contributed by atoms with Gasteiger partial charge in [0.2, 0.25) is 0 Å². The summed E-state index contributed by atoms with van der Waals surface area (Å²) in [6, 6.07) is 14.6. The van der Waals surface area contributed by atoms with E-state index in [-0.39, 0.29) is 11.1 Å². The van der Waals surface area contributed by atoms with E-state index in [0.717, 1.165) is 27.4 Å². The topological polar surface area (TPSA) is 46.6 Å². The van der Waals surface area contributed by atoms with Crippen molar-refractivity contribution in [2.45, 2.75) is 6.92 Å². The summed E-state index contributed by atoms with van der Waals surface area (Å²) in [7, 11) is 1.55. The van der Waals surface area contributed by atoms with Gasteiger partial charge >= 0.3 is 0 Å². The first kappa shape index (κ1) is 16.8. The molecule has 4 nitrogen and oxygen atoms in total. The van der Waals surface area contributed by atoms with Crippen LogP contribution in [0.25, 0.3) is 5.57 Å². The van der Waals surface area contributed by atoms with Crippen LogP contribution < -0.4 is 9.64 Å². The zero-order valence-corrected chi connectivity index (χ0v) is 15.5. The van der Waals surface area contributed by atoms with E-state index in [0.29, 0.717) is 16.3 Å². The number of amides is 2. The van der Waals surface area contributed by atoms with Gasteiger partial charge in [0.05, 0.1) is 17.7 Å². The Morgan fingerprint density at radius 3 is 2.50 bits per heavy atom. The van der Waals surface area contributed by atoms with Gasteiger partial charge in [-0.15, -0.1) is 0 Å². The van der Waals surface area contributed by atoms with E-state index in [1.54, 1.807) is 31.4 Å². The molecule has 0 bridgehead atoms. The van der Waals surface area contributed by atoms with Crippen molar-refractivity contribution in [3.05, 3.63) is 63.5 Å². The molecular formula is C18H14BrNO3S. The minimum atomic E-state index is -0.307. The number of thioether (sulfide) groups is 1. The highest BCUT2D eigenvalue weighted by Gasteiger charge is 2.37. The van der Waals surface area contributed by atoms with Crippen molar-refractivity contribution < 1.29 is 14.3 Å². The summed E-state index contributed by atoms with van der Waals surface area (Å²) in [5.41, 5.74) is 2.21. The fraction of sp³-hybridized carbons (Fsp3) is 0.111. The summed E-state index contributed by atoms with van der Waals surface area (Å²) in [6.07, 6.45) is 0. The van der Waals surface area contributed by atoms with Crippen LogP contribution in [0.4, 0.5) is 10.5 Å². The first-order chi connectivity index (χ1) is 11.5. The molecule has 2 amide bonds. The van der Waals surface area contributed by atoms with Gasteiger partial charge in [0.25, 0.3) is 11.1 Å². The number of imide groups is 1. The minimum absolute atomic E-state index is 0.306. The lowest BCUT2D eigenvalue weighted by Crippen LogP contribution is -2.27. The van der Waals surface area contributed by atoms with Gasteiger partial charge in [-0.1, -0.05) is 34.1 Å². The molecule has 3 rings (SSSR count). The van der Waals surface area contributed by atoms with Crippen molar-refractivity contribution in [1.29, 1.82) is 0 Å². The number of carbonyl (C=O) groups is 2. The predicted molar refractivity (Wildman–Crippen MR) is 100 cm³/mol. The normalized spacial score (nSPS) is 16.5. The molecular weight excluding hydrogens is 390 g/mol. The van der Waals surface area contributed by atoms with Crippen LogP contribution in [0.1, 0.15) is 12.5 Å². The molecule has 0 radical (unpaired) electrons. The Morgan fingerprint density at radius 2 is 1.83 bits per heavy atom. The number of allylic oxidation sites excluding steroid dienone is 1. The standard InChI is InChI=1S/C18H14BrNO3S/c1-11(12-6-8-13(19)9-7-12)16-17(21)20(18(22)24-16)14-4-3-5-15(10-14)23-2/h3-10H,1-2H3/b16-11-. The number of rotatable bonds is 3. The van der Waals surface area contributed by atoms with Crippen LogP contribution in [0.2, 0.25) is 0 Å². The third kappa shape index (κ3) is 3.12. The largest absolute Gasteiger partial charge is 0.497 e. The highest BCUT2D eigenvalue weighted by molar-refractivity contribution is 9.10. The van der Waals surface area contributed by atoms with E-state index in [1.807, 2.05) is 31.2 Å². The molecule has 0 saturated carbocycles. The van der Waals surface area contributed by atoms with Crippen LogP contribution in [0.15, 0.2) is 57.9 Å². The fourth-order valence-electron chi connectivity index (χ4n) is 2.40. The predicted octanol–water partition coefficient (Wildman–Crippen LogP) is 5.09. The maximum absolute atomic E-state index is 12.8. The number of benzene rings is 2. The molecule has 0 aliphatic carbocycles. The Hall–Kier alpha value is -2.05. The number of nitrogens with zero attached hydrogens (tertiary/aromatic N) is 1. The Morgan fingerprint density at radius 1 is 1.12 bits per heavy atom. The van der Waals surface area contributed by atoms with E-state index in [9.17, 15) is 9.59 Å². The monoisotopic (exact) mass is 403 g/mol. The first-order valence-corrected chi connectivity index (χ1v) is 8.79. The number of methoxy groups -OCH3 is 1. The maximum atomic E-state index is 12.8. The van der Waals surface area contributed by atoms with E-state index in [2.05, 4.69) is 15.9 Å². The fourth-order valence-corrected chi connectivity index (χ4v) is 3.57. The van der Waals surface area contributed by atoms with Gasteiger partial charge in [-0.2, -0.15) is 0 Å². The van der Waals surface area contributed by atoms with Gasteiger partial charge in [0, 0.05) is 10.5 Å². The summed E-state index contributed by atoms with van der Waals surface area (Å²) in [6.45, 7) is 1.85. The zero-order chi connectivity index (χ0) is 17.3. The number of hydrogen-bond donors (Lipinski definition) is 0. The molecule has 1 fully saturated rings. The number of ether oxygens (including phenoxy) is 1. The van der Waals surface area contributed by atoms with E-state index in [1.165, 1.54) is 4.90 Å². The highest BCUT2D eigenvalue weighted by atomic mass is 79.9. The van der Waals surface area contributed by atoms with Gasteiger partial charge in [0.1, 0.15) is 5.75 Å². The number of halogens is 1. The quantitative estimate of drug-likeness (QED) is 0.669. The first-order valence-electron chi connectivity index (χ1n) is 7.18. The molecule has 24 heavy (non-hydrogen) atoms. The zero-order valence-electron chi connectivity index (χ0n) is 13.1. The third-order valence-electron chi connectivity index (χ3n) is 3.70. The minimum Gasteiger partial charge on any atom is -0.497 e. The molecule has 0 atom stereocenters. The van der Waals surface area contributed by atoms with Gasteiger partial charge in [-0.25, -0.2) is 4.90 Å². The summed E-state index contributed by atoms with van der Waals surface area (Å²) in [5.74, 6) is 0.291. The molecule has 2 aromatic carbocycles. The lowest BCUT2D eigenvalue weighted by Gasteiger charge is -2.13. The third-order valence-corrected chi connectivity index (χ3v) is 5.27. The van der Waals surface area contributed by atoms with E-state index < -0.39 is 0 Å². The van der Waals surface area contributed by atoms with Crippen LogP contribution in [0.3, 0.4) is 0 Å². The van der Waals surface area contributed by atoms with E-state index >= 15 is 0 Å². The molecule has 2 aromatic rings. The Kier molecular flexibility index (Phi) is 4.78. The van der Waals surface area contributed by atoms with Crippen molar-refractivity contribution in [2.24, 2.45) is 0 Å². The van der Waals surface area contributed by atoms with Gasteiger partial charge < -0.3 is 4.74 Å². The van der Waals surface area contributed by atoms with Crippen molar-refractivity contribution in [1.82, 2.24) is 0 Å². The summed E-state index contributed by atoms with van der Waals surface area (Å²) in [5, 5.41) is -0.306. The maximum Gasteiger partial charge on any atom is 0.298 e.